The first-order valence-corrected chi connectivity index (χ1v) is 8.04. The van der Waals surface area contributed by atoms with E-state index in [1.165, 1.54) is 9.87 Å². The summed E-state index contributed by atoms with van der Waals surface area (Å²) < 4.78 is 25.2. The van der Waals surface area contributed by atoms with E-state index in [1.807, 2.05) is 37.2 Å². The van der Waals surface area contributed by atoms with Crippen molar-refractivity contribution in [1.29, 1.82) is 0 Å². The van der Waals surface area contributed by atoms with Crippen LogP contribution in [0.2, 0.25) is 0 Å². The predicted octanol–water partition coefficient (Wildman–Crippen LogP) is 1.44. The number of hydrogen-bond donors (Lipinski definition) is 0. The molecule has 0 N–H and O–H groups in total. The Morgan fingerprint density at radius 2 is 1.63 bits per heavy atom. The van der Waals surface area contributed by atoms with Crippen molar-refractivity contribution >= 4 is 10.0 Å². The Morgan fingerprint density at radius 3 is 2.11 bits per heavy atom. The van der Waals surface area contributed by atoms with E-state index in [0.29, 0.717) is 0 Å². The predicted molar refractivity (Wildman–Crippen MR) is 79.7 cm³/mol. The molecule has 0 aliphatic heterocycles. The van der Waals surface area contributed by atoms with Crippen LogP contribution in [0.3, 0.4) is 0 Å². The summed E-state index contributed by atoms with van der Waals surface area (Å²) in [6.45, 7) is 0. The van der Waals surface area contributed by atoms with E-state index in [2.05, 4.69) is 12.1 Å². The summed E-state index contributed by atoms with van der Waals surface area (Å²) in [5.41, 5.74) is 1.25. The molecule has 0 saturated heterocycles. The van der Waals surface area contributed by atoms with E-state index in [4.69, 9.17) is 0 Å². The second-order valence-corrected chi connectivity index (χ2v) is 7.43. The molecule has 0 aliphatic carbocycles. The van der Waals surface area contributed by atoms with Gasteiger partial charge in [0.15, 0.2) is 0 Å². The van der Waals surface area contributed by atoms with Crippen molar-refractivity contribution in [3.63, 3.8) is 0 Å². The Morgan fingerprint density at radius 1 is 1.05 bits per heavy atom. The molecule has 0 radical (unpaired) electrons. The first-order valence-electron chi connectivity index (χ1n) is 6.43. The quantitative estimate of drug-likeness (QED) is 0.761. The number of nitrogens with zero attached hydrogens (tertiary/aromatic N) is 2. The maximum atomic E-state index is 12.0. The van der Waals surface area contributed by atoms with Gasteiger partial charge in [-0.15, -0.1) is 0 Å². The zero-order valence-corrected chi connectivity index (χ0v) is 13.0. The largest absolute Gasteiger partial charge is 0.305 e. The molecule has 1 aromatic carbocycles. The molecule has 4 nitrogen and oxygen atoms in total. The van der Waals surface area contributed by atoms with Crippen LogP contribution in [0.25, 0.3) is 0 Å². The highest BCUT2D eigenvalue weighted by atomic mass is 32.2. The maximum absolute atomic E-state index is 12.0. The van der Waals surface area contributed by atoms with Crippen molar-refractivity contribution in [3.8, 4) is 0 Å². The van der Waals surface area contributed by atoms with Crippen LogP contribution < -0.4 is 0 Å². The Hall–Kier alpha value is -0.910. The molecule has 0 heterocycles. The van der Waals surface area contributed by atoms with Crippen LogP contribution in [0.4, 0.5) is 0 Å². The first-order chi connectivity index (χ1) is 8.83. The van der Waals surface area contributed by atoms with Crippen molar-refractivity contribution in [2.45, 2.75) is 18.9 Å². The summed E-state index contributed by atoms with van der Waals surface area (Å²) in [5, 5.41) is 0. The lowest BCUT2D eigenvalue weighted by Gasteiger charge is -2.25. The van der Waals surface area contributed by atoms with Crippen LogP contribution in [0.5, 0.6) is 0 Å². The van der Waals surface area contributed by atoms with E-state index >= 15 is 0 Å². The van der Waals surface area contributed by atoms with E-state index in [9.17, 15) is 8.42 Å². The molecular formula is C14H24N2O2S. The minimum Gasteiger partial charge on any atom is -0.305 e. The average Bonchev–Trinajstić information content (AvgIpc) is 2.35. The molecule has 0 saturated carbocycles. The van der Waals surface area contributed by atoms with Crippen molar-refractivity contribution in [1.82, 2.24) is 9.21 Å². The van der Waals surface area contributed by atoms with Gasteiger partial charge in [-0.3, -0.25) is 0 Å². The van der Waals surface area contributed by atoms with Gasteiger partial charge in [-0.1, -0.05) is 30.3 Å². The van der Waals surface area contributed by atoms with Crippen molar-refractivity contribution in [2.75, 3.05) is 33.9 Å². The third-order valence-electron chi connectivity index (χ3n) is 3.30. The smallest absolute Gasteiger partial charge is 0.215 e. The molecule has 1 atom stereocenters. The van der Waals surface area contributed by atoms with Crippen LogP contribution >= 0.6 is 0 Å². The van der Waals surface area contributed by atoms with Gasteiger partial charge in [-0.2, -0.15) is 0 Å². The van der Waals surface area contributed by atoms with Crippen molar-refractivity contribution < 1.29 is 8.42 Å². The molecule has 5 heteroatoms. The van der Waals surface area contributed by atoms with E-state index < -0.39 is 10.0 Å². The van der Waals surface area contributed by atoms with Crippen LogP contribution in [0, 0.1) is 0 Å². The summed E-state index contributed by atoms with van der Waals surface area (Å²) in [7, 11) is 3.87. The molecule has 108 valence electrons. The number of aryl methyl sites for hydroxylation is 1. The summed E-state index contributed by atoms with van der Waals surface area (Å²) in [5.74, 6) is 0.167. The highest BCUT2D eigenvalue weighted by Crippen LogP contribution is 2.11. The lowest BCUT2D eigenvalue weighted by molar-refractivity contribution is 0.298. The Bertz CT molecular complexity index is 469. The third kappa shape index (κ3) is 5.30. The van der Waals surface area contributed by atoms with E-state index in [0.717, 1.165) is 12.8 Å². The van der Waals surface area contributed by atoms with Gasteiger partial charge in [-0.25, -0.2) is 12.7 Å². The second kappa shape index (κ2) is 7.03. The summed E-state index contributed by atoms with van der Waals surface area (Å²) in [6.07, 6.45) is 1.73. The van der Waals surface area contributed by atoms with Crippen molar-refractivity contribution in [3.05, 3.63) is 35.9 Å². The Labute approximate surface area is 117 Å². The van der Waals surface area contributed by atoms with Crippen LogP contribution in [0.1, 0.15) is 12.0 Å². The normalized spacial score (nSPS) is 14.0. The maximum Gasteiger partial charge on any atom is 0.215 e. The molecule has 1 rings (SSSR count). The van der Waals surface area contributed by atoms with E-state index in [1.54, 1.807) is 14.1 Å². The number of benzene rings is 1. The van der Waals surface area contributed by atoms with Gasteiger partial charge in [0.05, 0.1) is 5.75 Å². The summed E-state index contributed by atoms with van der Waals surface area (Å²) in [6, 6.07) is 10.2. The molecular weight excluding hydrogens is 260 g/mol. The van der Waals surface area contributed by atoms with Gasteiger partial charge < -0.3 is 4.90 Å². The fraction of sp³-hybridized carbons (Fsp3) is 0.571. The van der Waals surface area contributed by atoms with Gasteiger partial charge in [-0.05, 0) is 32.5 Å². The average molecular weight is 284 g/mol. The highest BCUT2D eigenvalue weighted by molar-refractivity contribution is 7.89. The highest BCUT2D eigenvalue weighted by Gasteiger charge is 2.22. The number of sulfonamides is 1. The second-order valence-electron chi connectivity index (χ2n) is 5.20. The van der Waals surface area contributed by atoms with Gasteiger partial charge >= 0.3 is 0 Å². The zero-order valence-electron chi connectivity index (χ0n) is 12.2. The lowest BCUT2D eigenvalue weighted by atomic mass is 10.1. The lowest BCUT2D eigenvalue weighted by Crippen LogP contribution is -2.39. The van der Waals surface area contributed by atoms with Gasteiger partial charge in [0.25, 0.3) is 0 Å². The molecule has 0 amide bonds. The van der Waals surface area contributed by atoms with Crippen LogP contribution in [-0.4, -0.2) is 57.6 Å². The fourth-order valence-electron chi connectivity index (χ4n) is 1.86. The molecule has 0 unspecified atom stereocenters. The molecule has 19 heavy (non-hydrogen) atoms. The zero-order chi connectivity index (χ0) is 14.5. The fourth-order valence-corrected chi connectivity index (χ4v) is 3.11. The van der Waals surface area contributed by atoms with Gasteiger partial charge in [0, 0.05) is 20.1 Å². The van der Waals surface area contributed by atoms with Gasteiger partial charge in [0.1, 0.15) is 0 Å². The summed E-state index contributed by atoms with van der Waals surface area (Å²) >= 11 is 0. The van der Waals surface area contributed by atoms with Crippen molar-refractivity contribution in [2.24, 2.45) is 0 Å². The minimum atomic E-state index is -3.16. The Kier molecular flexibility index (Phi) is 5.97. The Balaban J connectivity index is 2.64. The molecule has 0 bridgehead atoms. The standard InChI is InChI=1S/C14H24N2O2S/c1-15(2)14(12-19(17,18)16(3)4)11-10-13-8-6-5-7-9-13/h5-9,14H,10-12H2,1-4H3/t14-/m0/s1. The van der Waals surface area contributed by atoms with Crippen LogP contribution in [-0.2, 0) is 16.4 Å². The molecule has 0 aromatic heterocycles. The number of hydrogen-bond acceptors (Lipinski definition) is 3. The van der Waals surface area contributed by atoms with Gasteiger partial charge in [0.2, 0.25) is 10.0 Å². The molecule has 1 aromatic rings. The van der Waals surface area contributed by atoms with Crippen LogP contribution in [0.15, 0.2) is 30.3 Å². The topological polar surface area (TPSA) is 40.6 Å². The van der Waals surface area contributed by atoms with E-state index in [-0.39, 0.29) is 11.8 Å². The SMILES string of the molecule is CN(C)[C@@H](CCc1ccccc1)CS(=O)(=O)N(C)C. The molecule has 0 spiro atoms. The minimum absolute atomic E-state index is 0.0348. The molecule has 0 aliphatic rings. The molecule has 0 fully saturated rings. The third-order valence-corrected chi connectivity index (χ3v) is 5.22. The first kappa shape index (κ1) is 16.1. The monoisotopic (exact) mass is 284 g/mol. The number of rotatable bonds is 7. The summed E-state index contributed by atoms with van der Waals surface area (Å²) in [4.78, 5) is 1.99.